The largest absolute Gasteiger partial charge is 0.469 e. The van der Waals surface area contributed by atoms with Crippen molar-refractivity contribution in [3.8, 4) is 0 Å². The summed E-state index contributed by atoms with van der Waals surface area (Å²) in [6.45, 7) is 1.84. The fourth-order valence-electron chi connectivity index (χ4n) is 1.79. The number of hydrogen-bond donors (Lipinski definition) is 2. The van der Waals surface area contributed by atoms with Crippen LogP contribution in [0.25, 0.3) is 0 Å². The molecule has 3 atom stereocenters. The van der Waals surface area contributed by atoms with E-state index in [9.17, 15) is 9.59 Å². The molecule has 80 valence electrons. The molecule has 0 aromatic carbocycles. The van der Waals surface area contributed by atoms with Gasteiger partial charge in [0.25, 0.3) is 0 Å². The summed E-state index contributed by atoms with van der Waals surface area (Å²) < 4.78 is 4.65. The first-order valence-electron chi connectivity index (χ1n) is 4.64. The maximum atomic E-state index is 11.3. The van der Waals surface area contributed by atoms with E-state index in [0.717, 1.165) is 0 Å². The number of carbonyl (C=O) groups is 2. The van der Waals surface area contributed by atoms with E-state index < -0.39 is 0 Å². The number of ether oxygens (including phenoxy) is 1. The van der Waals surface area contributed by atoms with Gasteiger partial charge < -0.3 is 15.8 Å². The molecular formula is C9H16N2O3. The molecule has 0 aromatic rings. The van der Waals surface area contributed by atoms with Crippen molar-refractivity contribution in [1.82, 2.24) is 5.32 Å². The van der Waals surface area contributed by atoms with E-state index in [1.54, 1.807) is 0 Å². The number of hydrogen-bond acceptors (Lipinski definition) is 5. The van der Waals surface area contributed by atoms with E-state index in [-0.39, 0.29) is 29.8 Å². The molecule has 1 heterocycles. The zero-order chi connectivity index (χ0) is 10.7. The first-order chi connectivity index (χ1) is 6.60. The van der Waals surface area contributed by atoms with Gasteiger partial charge in [-0.3, -0.25) is 9.59 Å². The molecule has 0 aromatic heterocycles. The third-order valence-corrected chi connectivity index (χ3v) is 2.64. The number of carbonyl (C=O) groups excluding carboxylic acids is 2. The highest BCUT2D eigenvalue weighted by molar-refractivity contribution is 5.84. The van der Waals surface area contributed by atoms with Crippen LogP contribution in [0.4, 0.5) is 0 Å². The smallest absolute Gasteiger partial charge is 0.310 e. The molecule has 0 unspecified atom stereocenters. The van der Waals surface area contributed by atoms with Gasteiger partial charge in [-0.2, -0.15) is 0 Å². The molecule has 0 spiro atoms. The summed E-state index contributed by atoms with van der Waals surface area (Å²) in [5, 5.41) is 3.03. The van der Waals surface area contributed by atoms with Gasteiger partial charge in [0.2, 0.25) is 0 Å². The molecule has 0 radical (unpaired) electrons. The lowest BCUT2D eigenvalue weighted by molar-refractivity contribution is -0.145. The van der Waals surface area contributed by atoms with Crippen molar-refractivity contribution in [3.05, 3.63) is 0 Å². The lowest BCUT2D eigenvalue weighted by Gasteiger charge is -2.14. The predicted molar refractivity (Wildman–Crippen MR) is 50.6 cm³/mol. The van der Waals surface area contributed by atoms with Crippen LogP contribution in [0.1, 0.15) is 13.3 Å². The Morgan fingerprint density at radius 2 is 2.21 bits per heavy atom. The van der Waals surface area contributed by atoms with E-state index in [1.165, 1.54) is 14.0 Å². The normalized spacial score (nSPS) is 31.5. The second-order valence-corrected chi connectivity index (χ2v) is 3.54. The van der Waals surface area contributed by atoms with Gasteiger partial charge in [0, 0.05) is 12.6 Å². The SMILES string of the molecule is COC(=O)[C@@H]1C[C@H](C(C)=O)N[C@H]1CN. The minimum absolute atomic E-state index is 0.0369. The monoisotopic (exact) mass is 200 g/mol. The summed E-state index contributed by atoms with van der Waals surface area (Å²) >= 11 is 0. The van der Waals surface area contributed by atoms with Crippen LogP contribution in [0.5, 0.6) is 0 Å². The summed E-state index contributed by atoms with van der Waals surface area (Å²) in [6, 6.07) is -0.399. The molecule has 0 saturated carbocycles. The molecule has 0 aliphatic carbocycles. The summed E-state index contributed by atoms with van der Waals surface area (Å²) in [4.78, 5) is 22.4. The number of Topliss-reactive ketones (excluding diaryl/α,β-unsaturated/α-hetero) is 1. The Kier molecular flexibility index (Phi) is 3.60. The molecule has 1 saturated heterocycles. The van der Waals surface area contributed by atoms with Crippen LogP contribution in [-0.2, 0) is 14.3 Å². The maximum absolute atomic E-state index is 11.3. The molecule has 1 rings (SSSR count). The number of methoxy groups -OCH3 is 1. The average Bonchev–Trinajstić information content (AvgIpc) is 2.60. The number of esters is 1. The fraction of sp³-hybridized carbons (Fsp3) is 0.778. The van der Waals surface area contributed by atoms with Gasteiger partial charge >= 0.3 is 5.97 Å². The molecule has 1 aliphatic heterocycles. The van der Waals surface area contributed by atoms with Crippen molar-refractivity contribution in [1.29, 1.82) is 0 Å². The van der Waals surface area contributed by atoms with E-state index >= 15 is 0 Å². The Bertz CT molecular complexity index is 242. The van der Waals surface area contributed by atoms with Gasteiger partial charge in [-0.1, -0.05) is 0 Å². The zero-order valence-electron chi connectivity index (χ0n) is 8.45. The van der Waals surface area contributed by atoms with Crippen LogP contribution in [-0.4, -0.2) is 37.5 Å². The molecule has 3 N–H and O–H groups in total. The van der Waals surface area contributed by atoms with Crippen molar-refractivity contribution in [2.45, 2.75) is 25.4 Å². The van der Waals surface area contributed by atoms with Gasteiger partial charge in [-0.15, -0.1) is 0 Å². The van der Waals surface area contributed by atoms with Crippen molar-refractivity contribution >= 4 is 11.8 Å². The molecule has 5 heteroatoms. The maximum Gasteiger partial charge on any atom is 0.310 e. The number of ketones is 1. The highest BCUT2D eigenvalue weighted by Gasteiger charge is 2.39. The summed E-state index contributed by atoms with van der Waals surface area (Å²) in [6.07, 6.45) is 0.490. The van der Waals surface area contributed by atoms with Crippen molar-refractivity contribution in [3.63, 3.8) is 0 Å². The van der Waals surface area contributed by atoms with Crippen molar-refractivity contribution < 1.29 is 14.3 Å². The highest BCUT2D eigenvalue weighted by Crippen LogP contribution is 2.21. The Balaban J connectivity index is 2.67. The van der Waals surface area contributed by atoms with Gasteiger partial charge in [0.1, 0.15) is 5.78 Å². The Morgan fingerprint density at radius 1 is 1.57 bits per heavy atom. The van der Waals surface area contributed by atoms with Crippen LogP contribution >= 0.6 is 0 Å². The number of nitrogens with one attached hydrogen (secondary N) is 1. The second kappa shape index (κ2) is 4.52. The highest BCUT2D eigenvalue weighted by atomic mass is 16.5. The lowest BCUT2D eigenvalue weighted by atomic mass is 9.98. The van der Waals surface area contributed by atoms with E-state index in [2.05, 4.69) is 10.1 Å². The third kappa shape index (κ3) is 2.10. The standard InChI is InChI=1S/C9H16N2O3/c1-5(12)7-3-6(9(13)14-2)8(4-10)11-7/h6-8,11H,3-4,10H2,1-2H3/t6-,7-,8+/m1/s1. The summed E-state index contributed by atoms with van der Waals surface area (Å²) in [5.41, 5.74) is 5.50. The molecule has 1 aliphatic rings. The molecule has 0 amide bonds. The molecule has 0 bridgehead atoms. The zero-order valence-corrected chi connectivity index (χ0v) is 8.45. The molecule has 14 heavy (non-hydrogen) atoms. The lowest BCUT2D eigenvalue weighted by Crippen LogP contribution is -2.41. The van der Waals surface area contributed by atoms with E-state index in [1.807, 2.05) is 0 Å². The van der Waals surface area contributed by atoms with E-state index in [0.29, 0.717) is 13.0 Å². The van der Waals surface area contributed by atoms with Gasteiger partial charge in [-0.25, -0.2) is 0 Å². The topological polar surface area (TPSA) is 81.4 Å². The first-order valence-corrected chi connectivity index (χ1v) is 4.64. The van der Waals surface area contributed by atoms with Crippen LogP contribution in [0, 0.1) is 5.92 Å². The first kappa shape index (κ1) is 11.1. The van der Waals surface area contributed by atoms with Crippen LogP contribution in [0.15, 0.2) is 0 Å². The Labute approximate surface area is 83.0 Å². The van der Waals surface area contributed by atoms with Crippen LogP contribution in [0.3, 0.4) is 0 Å². The number of nitrogens with two attached hydrogens (primary N) is 1. The summed E-state index contributed by atoms with van der Waals surface area (Å²) in [5.74, 6) is -0.551. The van der Waals surface area contributed by atoms with Crippen molar-refractivity contribution in [2.75, 3.05) is 13.7 Å². The predicted octanol–water partition coefficient (Wildman–Crippen LogP) is -0.946. The molecule has 5 nitrogen and oxygen atoms in total. The minimum Gasteiger partial charge on any atom is -0.469 e. The second-order valence-electron chi connectivity index (χ2n) is 3.54. The molecular weight excluding hydrogens is 184 g/mol. The minimum atomic E-state index is -0.295. The molecule has 1 fully saturated rings. The third-order valence-electron chi connectivity index (χ3n) is 2.64. The van der Waals surface area contributed by atoms with Crippen LogP contribution < -0.4 is 11.1 Å². The number of rotatable bonds is 3. The van der Waals surface area contributed by atoms with Crippen molar-refractivity contribution in [2.24, 2.45) is 11.7 Å². The Hall–Kier alpha value is -0.940. The average molecular weight is 200 g/mol. The van der Waals surface area contributed by atoms with Gasteiger partial charge in [0.05, 0.1) is 19.1 Å². The quantitative estimate of drug-likeness (QED) is 0.574. The van der Waals surface area contributed by atoms with Gasteiger partial charge in [0.15, 0.2) is 0 Å². The fourth-order valence-corrected chi connectivity index (χ4v) is 1.79. The van der Waals surface area contributed by atoms with E-state index in [4.69, 9.17) is 5.73 Å². The van der Waals surface area contributed by atoms with Gasteiger partial charge in [-0.05, 0) is 13.3 Å². The summed E-state index contributed by atoms with van der Waals surface area (Å²) in [7, 11) is 1.34. The van der Waals surface area contributed by atoms with Crippen LogP contribution in [0.2, 0.25) is 0 Å². The Morgan fingerprint density at radius 3 is 2.64 bits per heavy atom.